The average molecular weight is 251 g/mol. The van der Waals surface area contributed by atoms with E-state index in [2.05, 4.69) is 26.1 Å². The molecule has 0 amide bonds. The first-order chi connectivity index (χ1) is 8.54. The molecule has 1 nitrogen and oxygen atoms in total. The summed E-state index contributed by atoms with van der Waals surface area (Å²) in [6.07, 6.45) is 13.5. The zero-order chi connectivity index (χ0) is 13.0. The average Bonchev–Trinajstić information content (AvgIpc) is 2.74. The standard InChI is InChI=1S/C17H33N/c1-17(2,3)18-13-16-11-7-10-15(16)12-14-8-5-4-6-9-14/h14-16,18H,4-13H2,1-3H3. The van der Waals surface area contributed by atoms with Gasteiger partial charge in [-0.3, -0.25) is 0 Å². The lowest BCUT2D eigenvalue weighted by Crippen LogP contribution is -2.40. The largest absolute Gasteiger partial charge is 0.312 e. The lowest BCUT2D eigenvalue weighted by Gasteiger charge is -2.30. The van der Waals surface area contributed by atoms with Crippen LogP contribution in [0.15, 0.2) is 0 Å². The predicted octanol–water partition coefficient (Wildman–Crippen LogP) is 4.76. The van der Waals surface area contributed by atoms with Crippen LogP contribution in [-0.2, 0) is 0 Å². The highest BCUT2D eigenvalue weighted by Crippen LogP contribution is 2.39. The molecule has 2 saturated carbocycles. The third kappa shape index (κ3) is 4.57. The Morgan fingerprint density at radius 1 is 0.833 bits per heavy atom. The Morgan fingerprint density at radius 2 is 1.50 bits per heavy atom. The third-order valence-corrected chi connectivity index (χ3v) is 5.07. The Bertz CT molecular complexity index is 234. The lowest BCUT2D eigenvalue weighted by molar-refractivity contribution is 0.238. The molecule has 18 heavy (non-hydrogen) atoms. The Balaban J connectivity index is 1.76. The van der Waals surface area contributed by atoms with Gasteiger partial charge in [0.2, 0.25) is 0 Å². The van der Waals surface area contributed by atoms with E-state index in [1.807, 2.05) is 0 Å². The quantitative estimate of drug-likeness (QED) is 0.759. The van der Waals surface area contributed by atoms with Crippen LogP contribution in [-0.4, -0.2) is 12.1 Å². The molecule has 2 rings (SSSR count). The van der Waals surface area contributed by atoms with Crippen LogP contribution in [0.3, 0.4) is 0 Å². The topological polar surface area (TPSA) is 12.0 Å². The van der Waals surface area contributed by atoms with Crippen LogP contribution in [0.1, 0.15) is 78.6 Å². The van der Waals surface area contributed by atoms with Gasteiger partial charge in [-0.1, -0.05) is 44.9 Å². The molecular formula is C17H33N. The van der Waals surface area contributed by atoms with Crippen LogP contribution < -0.4 is 5.32 Å². The van der Waals surface area contributed by atoms with E-state index in [4.69, 9.17) is 0 Å². The summed E-state index contributed by atoms with van der Waals surface area (Å²) in [4.78, 5) is 0. The van der Waals surface area contributed by atoms with Gasteiger partial charge in [0.25, 0.3) is 0 Å². The summed E-state index contributed by atoms with van der Waals surface area (Å²) in [6, 6.07) is 0. The van der Waals surface area contributed by atoms with Crippen molar-refractivity contribution in [1.29, 1.82) is 0 Å². The molecule has 2 aliphatic carbocycles. The van der Waals surface area contributed by atoms with Crippen LogP contribution in [0.2, 0.25) is 0 Å². The first kappa shape index (κ1) is 14.4. The van der Waals surface area contributed by atoms with Gasteiger partial charge in [0.15, 0.2) is 0 Å². The zero-order valence-electron chi connectivity index (χ0n) is 12.8. The molecule has 1 N–H and O–H groups in total. The van der Waals surface area contributed by atoms with Gasteiger partial charge in [-0.2, -0.15) is 0 Å². The first-order valence-electron chi connectivity index (χ1n) is 8.29. The fourth-order valence-electron chi connectivity index (χ4n) is 3.98. The minimum absolute atomic E-state index is 0.290. The van der Waals surface area contributed by atoms with Crippen LogP contribution in [0.5, 0.6) is 0 Å². The van der Waals surface area contributed by atoms with Crippen LogP contribution in [0.25, 0.3) is 0 Å². The highest BCUT2D eigenvalue weighted by molar-refractivity contribution is 4.84. The molecule has 0 heterocycles. The van der Waals surface area contributed by atoms with Gasteiger partial charge in [0.1, 0.15) is 0 Å². The highest BCUT2D eigenvalue weighted by Gasteiger charge is 2.30. The van der Waals surface area contributed by atoms with Crippen LogP contribution in [0.4, 0.5) is 0 Å². The highest BCUT2D eigenvalue weighted by atomic mass is 14.9. The van der Waals surface area contributed by atoms with Crippen LogP contribution in [0, 0.1) is 17.8 Å². The maximum Gasteiger partial charge on any atom is 0.00966 e. The molecule has 106 valence electrons. The summed E-state index contributed by atoms with van der Waals surface area (Å²) in [5.74, 6) is 3.06. The number of hydrogen-bond acceptors (Lipinski definition) is 1. The molecule has 1 heteroatoms. The molecule has 2 atom stereocenters. The minimum Gasteiger partial charge on any atom is -0.312 e. The molecule has 0 spiro atoms. The van der Waals surface area contributed by atoms with E-state index < -0.39 is 0 Å². The van der Waals surface area contributed by atoms with E-state index in [0.717, 1.165) is 17.8 Å². The normalized spacial score (nSPS) is 30.8. The van der Waals surface area contributed by atoms with Crippen molar-refractivity contribution in [2.24, 2.45) is 17.8 Å². The first-order valence-corrected chi connectivity index (χ1v) is 8.29. The molecule has 0 bridgehead atoms. The molecule has 0 aromatic rings. The van der Waals surface area contributed by atoms with Gasteiger partial charge >= 0.3 is 0 Å². The van der Waals surface area contributed by atoms with Gasteiger partial charge in [-0.25, -0.2) is 0 Å². The van der Waals surface area contributed by atoms with Crippen molar-refractivity contribution in [2.75, 3.05) is 6.54 Å². The van der Waals surface area contributed by atoms with Gasteiger partial charge in [0, 0.05) is 5.54 Å². The summed E-state index contributed by atoms with van der Waals surface area (Å²) < 4.78 is 0. The smallest absolute Gasteiger partial charge is 0.00966 e. The zero-order valence-corrected chi connectivity index (χ0v) is 12.8. The summed E-state index contributed by atoms with van der Waals surface area (Å²) in [7, 11) is 0. The monoisotopic (exact) mass is 251 g/mol. The molecule has 0 aromatic carbocycles. The van der Waals surface area contributed by atoms with Gasteiger partial charge in [-0.05, 0) is 57.9 Å². The summed E-state index contributed by atoms with van der Waals surface area (Å²) in [5.41, 5.74) is 0.290. The third-order valence-electron chi connectivity index (χ3n) is 5.07. The molecule has 2 aliphatic rings. The fourth-order valence-corrected chi connectivity index (χ4v) is 3.98. The van der Waals surface area contributed by atoms with Crippen LogP contribution >= 0.6 is 0 Å². The van der Waals surface area contributed by atoms with Gasteiger partial charge < -0.3 is 5.32 Å². The maximum atomic E-state index is 3.73. The Labute approximate surface area is 114 Å². The Morgan fingerprint density at radius 3 is 2.17 bits per heavy atom. The maximum absolute atomic E-state index is 3.73. The Hall–Kier alpha value is -0.0400. The predicted molar refractivity (Wildman–Crippen MR) is 79.8 cm³/mol. The van der Waals surface area contributed by atoms with Crippen molar-refractivity contribution in [1.82, 2.24) is 5.32 Å². The second kappa shape index (κ2) is 6.41. The van der Waals surface area contributed by atoms with Crippen molar-refractivity contribution in [3.8, 4) is 0 Å². The SMILES string of the molecule is CC(C)(C)NCC1CCCC1CC1CCCCC1. The molecule has 0 radical (unpaired) electrons. The molecule has 0 aromatic heterocycles. The van der Waals surface area contributed by atoms with Crippen molar-refractivity contribution in [3.05, 3.63) is 0 Å². The van der Waals surface area contributed by atoms with Crippen molar-refractivity contribution >= 4 is 0 Å². The van der Waals surface area contributed by atoms with Crippen molar-refractivity contribution in [3.63, 3.8) is 0 Å². The van der Waals surface area contributed by atoms with E-state index in [9.17, 15) is 0 Å². The van der Waals surface area contributed by atoms with Crippen molar-refractivity contribution < 1.29 is 0 Å². The second-order valence-electron chi connectivity index (χ2n) is 7.82. The fraction of sp³-hybridized carbons (Fsp3) is 1.00. The minimum atomic E-state index is 0.290. The molecule has 2 fully saturated rings. The summed E-state index contributed by atoms with van der Waals surface area (Å²) in [5, 5.41) is 3.73. The number of hydrogen-bond donors (Lipinski definition) is 1. The van der Waals surface area contributed by atoms with E-state index in [1.54, 1.807) is 0 Å². The molecule has 2 unspecified atom stereocenters. The van der Waals surface area contributed by atoms with Gasteiger partial charge in [0.05, 0.1) is 0 Å². The molecule has 0 aliphatic heterocycles. The summed E-state index contributed by atoms with van der Waals surface area (Å²) >= 11 is 0. The molecule has 0 saturated heterocycles. The second-order valence-corrected chi connectivity index (χ2v) is 7.82. The summed E-state index contributed by atoms with van der Waals surface area (Å²) in [6.45, 7) is 8.12. The van der Waals surface area contributed by atoms with E-state index in [1.165, 1.54) is 64.3 Å². The van der Waals surface area contributed by atoms with E-state index in [-0.39, 0.29) is 5.54 Å². The van der Waals surface area contributed by atoms with E-state index >= 15 is 0 Å². The van der Waals surface area contributed by atoms with Crippen molar-refractivity contribution in [2.45, 2.75) is 84.1 Å². The van der Waals surface area contributed by atoms with Gasteiger partial charge in [-0.15, -0.1) is 0 Å². The molecular weight excluding hydrogens is 218 g/mol. The number of nitrogens with one attached hydrogen (secondary N) is 1. The lowest BCUT2D eigenvalue weighted by atomic mass is 9.79. The van der Waals surface area contributed by atoms with E-state index in [0.29, 0.717) is 0 Å². The number of rotatable bonds is 4. The Kier molecular flexibility index (Phi) is 5.12.